The van der Waals surface area contributed by atoms with Gasteiger partial charge in [-0.25, -0.2) is 0 Å². The minimum atomic E-state index is -0.178. The molecule has 0 radical (unpaired) electrons. The fourth-order valence-corrected chi connectivity index (χ4v) is 1.42. The van der Waals surface area contributed by atoms with Crippen LogP contribution in [0.3, 0.4) is 0 Å². The molecule has 0 aliphatic heterocycles. The summed E-state index contributed by atoms with van der Waals surface area (Å²) in [5.74, 6) is -0.0237. The number of phenolic OH excluding ortho intramolecular Hbond substituents is 1. The third-order valence-corrected chi connectivity index (χ3v) is 3.08. The van der Waals surface area contributed by atoms with Gasteiger partial charge >= 0.3 is 0 Å². The summed E-state index contributed by atoms with van der Waals surface area (Å²) in [5, 5.41) is 12.3. The molecular formula is C13H19NO2. The SMILES string of the molecule is CCC(C)(CC)NC(=O)c1cccc(O)c1. The topological polar surface area (TPSA) is 49.3 Å². The zero-order valence-electron chi connectivity index (χ0n) is 10.1. The van der Waals surface area contributed by atoms with Crippen molar-refractivity contribution < 1.29 is 9.90 Å². The lowest BCUT2D eigenvalue weighted by atomic mass is 9.95. The largest absolute Gasteiger partial charge is 0.508 e. The molecule has 0 atom stereocenters. The number of amides is 1. The Labute approximate surface area is 96.5 Å². The smallest absolute Gasteiger partial charge is 0.251 e. The van der Waals surface area contributed by atoms with Crippen molar-refractivity contribution >= 4 is 5.91 Å². The summed E-state index contributed by atoms with van der Waals surface area (Å²) in [4.78, 5) is 11.9. The third kappa shape index (κ3) is 2.99. The molecule has 0 aliphatic carbocycles. The average molecular weight is 221 g/mol. The first-order valence-electron chi connectivity index (χ1n) is 5.62. The average Bonchev–Trinajstić information content (AvgIpc) is 2.29. The second-order valence-electron chi connectivity index (χ2n) is 4.27. The van der Waals surface area contributed by atoms with Crippen molar-refractivity contribution in [2.24, 2.45) is 0 Å². The standard InChI is InChI=1S/C13H19NO2/c1-4-13(3,5-2)14-12(16)10-7-6-8-11(15)9-10/h6-9,15H,4-5H2,1-3H3,(H,14,16). The van der Waals surface area contributed by atoms with E-state index in [1.165, 1.54) is 6.07 Å². The van der Waals surface area contributed by atoms with Crippen molar-refractivity contribution in [2.45, 2.75) is 39.2 Å². The van der Waals surface area contributed by atoms with Gasteiger partial charge in [0.2, 0.25) is 0 Å². The fraction of sp³-hybridized carbons (Fsp3) is 0.462. The molecule has 0 spiro atoms. The van der Waals surface area contributed by atoms with E-state index in [2.05, 4.69) is 5.32 Å². The molecular weight excluding hydrogens is 202 g/mol. The van der Waals surface area contributed by atoms with Gasteiger partial charge in [0.1, 0.15) is 5.75 Å². The maximum absolute atomic E-state index is 11.9. The Kier molecular flexibility index (Phi) is 3.93. The predicted molar refractivity (Wildman–Crippen MR) is 64.6 cm³/mol. The number of aromatic hydroxyl groups is 1. The van der Waals surface area contributed by atoms with Crippen LogP contribution in [0.1, 0.15) is 44.0 Å². The van der Waals surface area contributed by atoms with Gasteiger partial charge in [-0.15, -0.1) is 0 Å². The van der Waals surface area contributed by atoms with E-state index in [-0.39, 0.29) is 17.2 Å². The summed E-state index contributed by atoms with van der Waals surface area (Å²) in [6, 6.07) is 6.39. The molecule has 1 amide bonds. The maximum Gasteiger partial charge on any atom is 0.251 e. The number of phenols is 1. The normalized spacial score (nSPS) is 11.2. The van der Waals surface area contributed by atoms with Crippen LogP contribution in [0, 0.1) is 0 Å². The van der Waals surface area contributed by atoms with Crippen LogP contribution in [0.4, 0.5) is 0 Å². The van der Waals surface area contributed by atoms with E-state index >= 15 is 0 Å². The quantitative estimate of drug-likeness (QED) is 0.821. The van der Waals surface area contributed by atoms with Gasteiger partial charge in [-0.05, 0) is 38.0 Å². The van der Waals surface area contributed by atoms with Crippen molar-refractivity contribution in [3.8, 4) is 5.75 Å². The van der Waals surface area contributed by atoms with Gasteiger partial charge in [0, 0.05) is 11.1 Å². The number of benzene rings is 1. The van der Waals surface area contributed by atoms with Crippen molar-refractivity contribution in [3.05, 3.63) is 29.8 Å². The summed E-state index contributed by atoms with van der Waals surface area (Å²) in [6.07, 6.45) is 1.77. The molecule has 0 aliphatic rings. The highest BCUT2D eigenvalue weighted by Crippen LogP contribution is 2.16. The fourth-order valence-electron chi connectivity index (χ4n) is 1.42. The van der Waals surface area contributed by atoms with Crippen LogP contribution in [0.15, 0.2) is 24.3 Å². The third-order valence-electron chi connectivity index (χ3n) is 3.08. The molecule has 0 saturated carbocycles. The second kappa shape index (κ2) is 5.01. The van der Waals surface area contributed by atoms with Crippen LogP contribution < -0.4 is 5.32 Å². The minimum Gasteiger partial charge on any atom is -0.508 e. The van der Waals surface area contributed by atoms with E-state index in [0.717, 1.165) is 12.8 Å². The molecule has 1 rings (SSSR count). The molecule has 0 aromatic heterocycles. The van der Waals surface area contributed by atoms with Crippen LogP contribution in [0.2, 0.25) is 0 Å². The molecule has 0 unspecified atom stereocenters. The predicted octanol–water partition coefficient (Wildman–Crippen LogP) is 2.70. The van der Waals surface area contributed by atoms with Gasteiger partial charge in [-0.2, -0.15) is 0 Å². The Bertz CT molecular complexity index is 370. The van der Waals surface area contributed by atoms with E-state index in [0.29, 0.717) is 5.56 Å². The maximum atomic E-state index is 11.9. The summed E-state index contributed by atoms with van der Waals surface area (Å²) < 4.78 is 0. The highest BCUT2D eigenvalue weighted by molar-refractivity contribution is 5.95. The van der Waals surface area contributed by atoms with Crippen LogP contribution in [-0.4, -0.2) is 16.6 Å². The first-order valence-corrected chi connectivity index (χ1v) is 5.62. The number of nitrogens with one attached hydrogen (secondary N) is 1. The van der Waals surface area contributed by atoms with Crippen molar-refractivity contribution in [1.82, 2.24) is 5.32 Å². The molecule has 0 fully saturated rings. The molecule has 88 valence electrons. The van der Waals surface area contributed by atoms with Crippen LogP contribution in [-0.2, 0) is 0 Å². The number of hydrogen-bond donors (Lipinski definition) is 2. The van der Waals surface area contributed by atoms with Crippen LogP contribution in [0.5, 0.6) is 5.75 Å². The van der Waals surface area contributed by atoms with Crippen LogP contribution in [0.25, 0.3) is 0 Å². The van der Waals surface area contributed by atoms with E-state index in [9.17, 15) is 9.90 Å². The van der Waals surface area contributed by atoms with E-state index < -0.39 is 0 Å². The van der Waals surface area contributed by atoms with Gasteiger partial charge in [0.15, 0.2) is 0 Å². The van der Waals surface area contributed by atoms with Crippen molar-refractivity contribution in [2.75, 3.05) is 0 Å². The number of rotatable bonds is 4. The van der Waals surface area contributed by atoms with Gasteiger partial charge in [0.05, 0.1) is 0 Å². The summed E-state index contributed by atoms with van der Waals surface area (Å²) in [7, 11) is 0. The zero-order valence-corrected chi connectivity index (χ0v) is 10.1. The number of carbonyl (C=O) groups is 1. The Hall–Kier alpha value is -1.51. The zero-order chi connectivity index (χ0) is 12.2. The summed E-state index contributed by atoms with van der Waals surface area (Å²) >= 11 is 0. The second-order valence-corrected chi connectivity index (χ2v) is 4.27. The van der Waals surface area contributed by atoms with Gasteiger partial charge in [-0.1, -0.05) is 19.9 Å². The highest BCUT2D eigenvalue weighted by atomic mass is 16.3. The molecule has 3 heteroatoms. The van der Waals surface area contributed by atoms with E-state index in [4.69, 9.17) is 0 Å². The Balaban J connectivity index is 2.80. The number of hydrogen-bond acceptors (Lipinski definition) is 2. The highest BCUT2D eigenvalue weighted by Gasteiger charge is 2.22. The monoisotopic (exact) mass is 221 g/mol. The lowest BCUT2D eigenvalue weighted by Gasteiger charge is -2.28. The van der Waals surface area contributed by atoms with E-state index in [1.54, 1.807) is 18.2 Å². The summed E-state index contributed by atoms with van der Waals surface area (Å²) in [6.45, 7) is 6.12. The Morgan fingerprint density at radius 3 is 2.50 bits per heavy atom. The van der Waals surface area contributed by atoms with Gasteiger partial charge in [0.25, 0.3) is 5.91 Å². The minimum absolute atomic E-state index is 0.113. The number of carbonyl (C=O) groups excluding carboxylic acids is 1. The Morgan fingerprint density at radius 1 is 1.38 bits per heavy atom. The molecule has 1 aromatic rings. The molecule has 1 aromatic carbocycles. The van der Waals surface area contributed by atoms with Crippen molar-refractivity contribution in [1.29, 1.82) is 0 Å². The summed E-state index contributed by atoms with van der Waals surface area (Å²) in [5.41, 5.74) is 0.316. The molecule has 16 heavy (non-hydrogen) atoms. The lowest BCUT2D eigenvalue weighted by molar-refractivity contribution is 0.0900. The van der Waals surface area contributed by atoms with Crippen LogP contribution >= 0.6 is 0 Å². The molecule has 3 nitrogen and oxygen atoms in total. The molecule has 0 bridgehead atoms. The van der Waals surface area contributed by atoms with E-state index in [1.807, 2.05) is 20.8 Å². The lowest BCUT2D eigenvalue weighted by Crippen LogP contribution is -2.44. The first kappa shape index (κ1) is 12.6. The van der Waals surface area contributed by atoms with Crippen molar-refractivity contribution in [3.63, 3.8) is 0 Å². The first-order chi connectivity index (χ1) is 7.50. The molecule has 2 N–H and O–H groups in total. The molecule has 0 saturated heterocycles. The molecule has 0 heterocycles. The van der Waals surface area contributed by atoms with Gasteiger partial charge < -0.3 is 10.4 Å². The van der Waals surface area contributed by atoms with Gasteiger partial charge in [-0.3, -0.25) is 4.79 Å². The Morgan fingerprint density at radius 2 is 2.00 bits per heavy atom.